The lowest BCUT2D eigenvalue weighted by atomic mass is 10.1. The number of rotatable bonds is 3. The first-order chi connectivity index (χ1) is 8.38. The zero-order valence-electron chi connectivity index (χ0n) is 9.48. The van der Waals surface area contributed by atoms with E-state index in [1.54, 1.807) is 6.92 Å². The Morgan fingerprint density at radius 3 is 2.67 bits per heavy atom. The van der Waals surface area contributed by atoms with Gasteiger partial charge in [-0.05, 0) is 30.7 Å². The molecule has 0 atom stereocenters. The Hall–Kier alpha value is -1.67. The van der Waals surface area contributed by atoms with Crippen molar-refractivity contribution in [3.8, 4) is 6.07 Å². The van der Waals surface area contributed by atoms with Crippen LogP contribution in [0, 0.1) is 11.3 Å². The van der Waals surface area contributed by atoms with Gasteiger partial charge in [-0.3, -0.25) is 0 Å². The van der Waals surface area contributed by atoms with Crippen LogP contribution in [0.1, 0.15) is 18.1 Å². The number of nitrogens with one attached hydrogen (secondary N) is 1. The third kappa shape index (κ3) is 3.67. The molecule has 0 radical (unpaired) electrons. The van der Waals surface area contributed by atoms with Crippen molar-refractivity contribution in [3.63, 3.8) is 0 Å². The summed E-state index contributed by atoms with van der Waals surface area (Å²) >= 11 is 5.44. The molecule has 0 saturated carbocycles. The van der Waals surface area contributed by atoms with E-state index in [1.165, 1.54) is 17.7 Å². The van der Waals surface area contributed by atoms with Gasteiger partial charge in [0.15, 0.2) is 0 Å². The maximum atomic E-state index is 12.7. The van der Waals surface area contributed by atoms with E-state index in [1.807, 2.05) is 0 Å². The van der Waals surface area contributed by atoms with Crippen molar-refractivity contribution in [2.75, 3.05) is 11.9 Å². The van der Waals surface area contributed by atoms with E-state index >= 15 is 0 Å². The van der Waals surface area contributed by atoms with Gasteiger partial charge in [-0.25, -0.2) is 0 Å². The molecule has 1 N–H and O–H groups in total. The summed E-state index contributed by atoms with van der Waals surface area (Å²) in [6.07, 6.45) is -4.54. The molecule has 0 aromatic heterocycles. The second-order valence-corrected chi connectivity index (χ2v) is 3.90. The Morgan fingerprint density at radius 2 is 2.17 bits per heavy atom. The van der Waals surface area contributed by atoms with Gasteiger partial charge in [0.25, 0.3) is 0 Å². The summed E-state index contributed by atoms with van der Waals surface area (Å²) in [6.45, 7) is 2.08. The number of benzene rings is 1. The highest BCUT2D eigenvalue weighted by Gasteiger charge is 2.33. The minimum Gasteiger partial charge on any atom is -0.381 e. The number of nitrogens with zero attached hydrogens (tertiary/aromatic N) is 1. The van der Waals surface area contributed by atoms with Crippen LogP contribution < -0.4 is 5.32 Å². The van der Waals surface area contributed by atoms with Gasteiger partial charge in [0, 0.05) is 17.8 Å². The van der Waals surface area contributed by atoms with E-state index in [0.29, 0.717) is 12.2 Å². The first-order valence-corrected chi connectivity index (χ1v) is 5.43. The molecule has 0 bridgehead atoms. The molecule has 0 spiro atoms. The largest absolute Gasteiger partial charge is 0.417 e. The number of nitriles is 1. The van der Waals surface area contributed by atoms with Gasteiger partial charge in [-0.2, -0.15) is 18.4 Å². The highest BCUT2D eigenvalue weighted by molar-refractivity contribution is 6.25. The summed E-state index contributed by atoms with van der Waals surface area (Å²) in [5.74, 6) is 0. The standard InChI is InChI=1S/C12H10ClF3N2/c1-8(5-13)7-18-10-3-2-9(6-17)11(4-10)12(14,15)16/h2-5,18H,7H2,1H3/b8-5-. The lowest BCUT2D eigenvalue weighted by Crippen LogP contribution is -2.10. The van der Waals surface area contributed by atoms with Crippen molar-refractivity contribution in [1.82, 2.24) is 0 Å². The van der Waals surface area contributed by atoms with Gasteiger partial charge < -0.3 is 5.32 Å². The lowest BCUT2D eigenvalue weighted by Gasteiger charge is -2.12. The zero-order chi connectivity index (χ0) is 13.8. The molecule has 0 aliphatic rings. The second-order valence-electron chi connectivity index (χ2n) is 3.68. The summed E-state index contributed by atoms with van der Waals surface area (Å²) in [6, 6.07) is 5.01. The average molecular weight is 275 g/mol. The molecule has 1 aromatic carbocycles. The number of halogens is 4. The van der Waals surface area contributed by atoms with Crippen molar-refractivity contribution in [3.05, 3.63) is 40.4 Å². The number of hydrogen-bond acceptors (Lipinski definition) is 2. The van der Waals surface area contributed by atoms with Gasteiger partial charge in [-0.1, -0.05) is 11.6 Å². The molecule has 0 fully saturated rings. The monoisotopic (exact) mass is 274 g/mol. The Balaban J connectivity index is 3.01. The quantitative estimate of drug-likeness (QED) is 0.899. The topological polar surface area (TPSA) is 35.8 Å². The molecule has 18 heavy (non-hydrogen) atoms. The third-order valence-electron chi connectivity index (χ3n) is 2.20. The van der Waals surface area contributed by atoms with E-state index < -0.39 is 17.3 Å². The second kappa shape index (κ2) is 5.78. The maximum absolute atomic E-state index is 12.7. The summed E-state index contributed by atoms with van der Waals surface area (Å²) in [5.41, 5.74) is 1.09. The predicted molar refractivity (Wildman–Crippen MR) is 64.3 cm³/mol. The molecule has 6 heteroatoms. The Bertz CT molecular complexity index is 501. The molecule has 0 heterocycles. The molecule has 1 aromatic rings. The van der Waals surface area contributed by atoms with E-state index in [-0.39, 0.29) is 0 Å². The molecular weight excluding hydrogens is 265 g/mol. The van der Waals surface area contributed by atoms with Gasteiger partial charge in [0.1, 0.15) is 0 Å². The van der Waals surface area contributed by atoms with Crippen LogP contribution in [0.2, 0.25) is 0 Å². The summed E-state index contributed by atoms with van der Waals surface area (Å²) in [7, 11) is 0. The van der Waals surface area contributed by atoms with Crippen LogP contribution in [0.25, 0.3) is 0 Å². The third-order valence-corrected chi connectivity index (χ3v) is 2.58. The molecule has 0 saturated heterocycles. The van der Waals surface area contributed by atoms with E-state index in [9.17, 15) is 13.2 Å². The molecule has 0 amide bonds. The number of anilines is 1. The first kappa shape index (κ1) is 14.4. The Labute approximate surface area is 108 Å². The van der Waals surface area contributed by atoms with Gasteiger partial charge >= 0.3 is 6.18 Å². The molecule has 0 aliphatic carbocycles. The molecule has 2 nitrogen and oxygen atoms in total. The van der Waals surface area contributed by atoms with Crippen LogP contribution in [0.3, 0.4) is 0 Å². The van der Waals surface area contributed by atoms with Crippen LogP contribution in [-0.4, -0.2) is 6.54 Å². The molecular formula is C12H10ClF3N2. The lowest BCUT2D eigenvalue weighted by molar-refractivity contribution is -0.137. The summed E-state index contributed by atoms with van der Waals surface area (Å²) < 4.78 is 38.0. The van der Waals surface area contributed by atoms with Crippen molar-refractivity contribution in [1.29, 1.82) is 5.26 Å². The van der Waals surface area contributed by atoms with E-state index in [2.05, 4.69) is 5.32 Å². The van der Waals surface area contributed by atoms with Crippen molar-refractivity contribution in [2.24, 2.45) is 0 Å². The average Bonchev–Trinajstić information content (AvgIpc) is 2.34. The Morgan fingerprint density at radius 1 is 1.50 bits per heavy atom. The van der Waals surface area contributed by atoms with Crippen LogP contribution >= 0.6 is 11.6 Å². The van der Waals surface area contributed by atoms with Crippen LogP contribution in [0.4, 0.5) is 18.9 Å². The minimum atomic E-state index is -4.54. The van der Waals surface area contributed by atoms with E-state index in [0.717, 1.165) is 17.7 Å². The predicted octanol–water partition coefficient (Wildman–Crippen LogP) is 4.13. The summed E-state index contributed by atoms with van der Waals surface area (Å²) in [5, 5.41) is 11.4. The normalized spacial score (nSPS) is 12.1. The fourth-order valence-corrected chi connectivity index (χ4v) is 1.34. The van der Waals surface area contributed by atoms with Gasteiger partial charge in [-0.15, -0.1) is 0 Å². The number of alkyl halides is 3. The fourth-order valence-electron chi connectivity index (χ4n) is 1.27. The van der Waals surface area contributed by atoms with Crippen LogP contribution in [0.15, 0.2) is 29.3 Å². The zero-order valence-corrected chi connectivity index (χ0v) is 10.2. The smallest absolute Gasteiger partial charge is 0.381 e. The summed E-state index contributed by atoms with van der Waals surface area (Å²) in [4.78, 5) is 0. The fraction of sp³-hybridized carbons (Fsp3) is 0.250. The van der Waals surface area contributed by atoms with Crippen molar-refractivity contribution < 1.29 is 13.2 Å². The highest BCUT2D eigenvalue weighted by atomic mass is 35.5. The van der Waals surface area contributed by atoms with Crippen LogP contribution in [-0.2, 0) is 6.18 Å². The minimum absolute atomic E-state index is 0.291. The molecule has 0 unspecified atom stereocenters. The molecule has 96 valence electrons. The molecule has 1 rings (SSSR count). The Kier molecular flexibility index (Phi) is 4.62. The van der Waals surface area contributed by atoms with Crippen molar-refractivity contribution >= 4 is 17.3 Å². The first-order valence-electron chi connectivity index (χ1n) is 4.99. The van der Waals surface area contributed by atoms with Gasteiger partial charge in [0.05, 0.1) is 17.2 Å². The van der Waals surface area contributed by atoms with Gasteiger partial charge in [0.2, 0.25) is 0 Å². The highest BCUT2D eigenvalue weighted by Crippen LogP contribution is 2.33. The SMILES string of the molecule is C/C(=C/Cl)CNc1ccc(C#N)c(C(F)(F)F)c1. The van der Waals surface area contributed by atoms with Crippen LogP contribution in [0.5, 0.6) is 0 Å². The maximum Gasteiger partial charge on any atom is 0.417 e. The molecule has 0 aliphatic heterocycles. The van der Waals surface area contributed by atoms with Crippen molar-refractivity contribution in [2.45, 2.75) is 13.1 Å². The van der Waals surface area contributed by atoms with E-state index in [4.69, 9.17) is 16.9 Å². The number of hydrogen-bond donors (Lipinski definition) is 1.